The van der Waals surface area contributed by atoms with Crippen LogP contribution in [0.15, 0.2) is 0 Å². The molecule has 0 atom stereocenters. The second-order valence-corrected chi connectivity index (χ2v) is 5.37. The summed E-state index contributed by atoms with van der Waals surface area (Å²) < 4.78 is 10.6. The van der Waals surface area contributed by atoms with Crippen LogP contribution in [0.4, 0.5) is 4.79 Å². The Morgan fingerprint density at radius 3 is 2.38 bits per heavy atom. The van der Waals surface area contributed by atoms with Crippen molar-refractivity contribution in [3.8, 4) is 0 Å². The smallest absolute Gasteiger partial charge is 0.408 e. The van der Waals surface area contributed by atoms with E-state index >= 15 is 0 Å². The fraction of sp³-hybridized carbons (Fsp3) is 0.917. The summed E-state index contributed by atoms with van der Waals surface area (Å²) in [5, 5.41) is 3.00. The lowest BCUT2D eigenvalue weighted by Gasteiger charge is -2.37. The second kappa shape index (κ2) is 5.04. The summed E-state index contributed by atoms with van der Waals surface area (Å²) in [5.74, 6) is 0. The summed E-state index contributed by atoms with van der Waals surface area (Å²) in [6.45, 7) is 9.12. The Bertz CT molecular complexity index is 239. The summed E-state index contributed by atoms with van der Waals surface area (Å²) in [6, 6.07) is 0. The molecule has 4 nitrogen and oxygen atoms in total. The van der Waals surface area contributed by atoms with Crippen LogP contribution in [0.2, 0.25) is 0 Å². The van der Waals surface area contributed by atoms with Gasteiger partial charge in [0.1, 0.15) is 5.60 Å². The minimum atomic E-state index is -0.440. The predicted octanol–water partition coefficient (Wildman–Crippen LogP) is 2.47. The van der Waals surface area contributed by atoms with E-state index in [4.69, 9.17) is 9.47 Å². The Hall–Kier alpha value is -0.770. The zero-order chi connectivity index (χ0) is 12.2. The molecule has 0 spiro atoms. The molecule has 1 amide bonds. The number of amides is 1. The van der Waals surface area contributed by atoms with E-state index in [1.54, 1.807) is 0 Å². The van der Waals surface area contributed by atoms with Crippen molar-refractivity contribution in [2.24, 2.45) is 0 Å². The maximum absolute atomic E-state index is 11.7. The van der Waals surface area contributed by atoms with Crippen LogP contribution in [0.3, 0.4) is 0 Å². The third-order valence-corrected chi connectivity index (χ3v) is 2.89. The third-order valence-electron chi connectivity index (χ3n) is 2.89. The van der Waals surface area contributed by atoms with Crippen molar-refractivity contribution >= 4 is 6.09 Å². The fourth-order valence-electron chi connectivity index (χ4n) is 1.85. The topological polar surface area (TPSA) is 47.6 Å². The molecule has 16 heavy (non-hydrogen) atoms. The summed E-state index contributed by atoms with van der Waals surface area (Å²) in [7, 11) is 0. The van der Waals surface area contributed by atoms with Gasteiger partial charge in [0.2, 0.25) is 0 Å². The van der Waals surface area contributed by atoms with E-state index in [-0.39, 0.29) is 11.6 Å². The van der Waals surface area contributed by atoms with Crippen LogP contribution in [0.25, 0.3) is 0 Å². The standard InChI is InChI=1S/C12H23NO3/c1-5-12(6-8-15-9-7-12)13-10(14)16-11(2,3)4/h5-9H2,1-4H3,(H,13,14). The number of rotatable bonds is 2. The number of alkyl carbamates (subject to hydrolysis) is 1. The molecular weight excluding hydrogens is 206 g/mol. The molecule has 1 rings (SSSR count). The molecule has 0 aliphatic carbocycles. The van der Waals surface area contributed by atoms with Gasteiger partial charge in [-0.1, -0.05) is 6.92 Å². The lowest BCUT2D eigenvalue weighted by Crippen LogP contribution is -2.52. The maximum atomic E-state index is 11.7. The SMILES string of the molecule is CCC1(NC(=O)OC(C)(C)C)CCOCC1. The van der Waals surface area contributed by atoms with Crippen LogP contribution in [-0.2, 0) is 9.47 Å². The van der Waals surface area contributed by atoms with Gasteiger partial charge in [0.15, 0.2) is 0 Å². The van der Waals surface area contributed by atoms with E-state index in [9.17, 15) is 4.79 Å². The van der Waals surface area contributed by atoms with Crippen molar-refractivity contribution in [2.75, 3.05) is 13.2 Å². The Kier molecular flexibility index (Phi) is 4.19. The van der Waals surface area contributed by atoms with E-state index < -0.39 is 5.60 Å². The summed E-state index contributed by atoms with van der Waals surface area (Å²) in [5.41, 5.74) is -0.579. The number of ether oxygens (including phenoxy) is 2. The summed E-state index contributed by atoms with van der Waals surface area (Å²) in [6.07, 6.45) is 2.32. The van der Waals surface area contributed by atoms with Gasteiger partial charge in [-0.15, -0.1) is 0 Å². The Morgan fingerprint density at radius 1 is 1.38 bits per heavy atom. The van der Waals surface area contributed by atoms with Crippen molar-refractivity contribution < 1.29 is 14.3 Å². The van der Waals surface area contributed by atoms with E-state index in [1.165, 1.54) is 0 Å². The van der Waals surface area contributed by atoms with Gasteiger partial charge in [0, 0.05) is 18.8 Å². The van der Waals surface area contributed by atoms with Gasteiger partial charge in [0.05, 0.1) is 0 Å². The average Bonchev–Trinajstić information content (AvgIpc) is 2.16. The van der Waals surface area contributed by atoms with E-state index in [0.29, 0.717) is 13.2 Å². The molecule has 0 saturated carbocycles. The zero-order valence-corrected chi connectivity index (χ0v) is 10.8. The second-order valence-electron chi connectivity index (χ2n) is 5.37. The Labute approximate surface area is 97.7 Å². The van der Waals surface area contributed by atoms with Crippen LogP contribution in [-0.4, -0.2) is 30.4 Å². The van der Waals surface area contributed by atoms with Gasteiger partial charge >= 0.3 is 6.09 Å². The third kappa shape index (κ3) is 4.00. The van der Waals surface area contributed by atoms with E-state index in [0.717, 1.165) is 19.3 Å². The molecule has 1 aliphatic heterocycles. The molecule has 0 aromatic carbocycles. The Morgan fingerprint density at radius 2 is 1.94 bits per heavy atom. The summed E-state index contributed by atoms with van der Waals surface area (Å²) in [4.78, 5) is 11.7. The highest BCUT2D eigenvalue weighted by Gasteiger charge is 2.33. The fourth-order valence-corrected chi connectivity index (χ4v) is 1.85. The molecule has 1 saturated heterocycles. The van der Waals surface area contributed by atoms with Gasteiger partial charge in [0.25, 0.3) is 0 Å². The molecule has 0 radical (unpaired) electrons. The van der Waals surface area contributed by atoms with Gasteiger partial charge in [-0.25, -0.2) is 4.79 Å². The molecule has 0 aromatic rings. The van der Waals surface area contributed by atoms with Crippen molar-refractivity contribution in [1.29, 1.82) is 0 Å². The maximum Gasteiger partial charge on any atom is 0.408 e. The molecule has 1 aliphatic rings. The normalized spacial score (nSPS) is 20.2. The van der Waals surface area contributed by atoms with Crippen LogP contribution >= 0.6 is 0 Å². The molecule has 0 unspecified atom stereocenters. The molecule has 0 bridgehead atoms. The highest BCUT2D eigenvalue weighted by atomic mass is 16.6. The highest BCUT2D eigenvalue weighted by Crippen LogP contribution is 2.24. The van der Waals surface area contributed by atoms with E-state index in [1.807, 2.05) is 20.8 Å². The minimum Gasteiger partial charge on any atom is -0.444 e. The Balaban J connectivity index is 2.52. The molecule has 4 heteroatoms. The average molecular weight is 229 g/mol. The van der Waals surface area contributed by atoms with Crippen molar-refractivity contribution in [3.63, 3.8) is 0 Å². The van der Waals surface area contributed by atoms with Crippen LogP contribution in [0.1, 0.15) is 47.0 Å². The molecule has 0 aromatic heterocycles. The van der Waals surface area contributed by atoms with Crippen molar-refractivity contribution in [1.82, 2.24) is 5.32 Å². The number of carbonyl (C=O) groups excluding carboxylic acids is 1. The minimum absolute atomic E-state index is 0.138. The van der Waals surface area contributed by atoms with Crippen LogP contribution < -0.4 is 5.32 Å². The van der Waals surface area contributed by atoms with Crippen molar-refractivity contribution in [2.45, 2.75) is 58.1 Å². The van der Waals surface area contributed by atoms with Gasteiger partial charge in [-0.05, 0) is 40.0 Å². The number of carbonyl (C=O) groups is 1. The zero-order valence-electron chi connectivity index (χ0n) is 10.8. The van der Waals surface area contributed by atoms with Gasteiger partial charge in [-0.2, -0.15) is 0 Å². The lowest BCUT2D eigenvalue weighted by atomic mass is 9.87. The number of hydrogen-bond acceptors (Lipinski definition) is 3. The molecular formula is C12H23NO3. The number of nitrogens with one attached hydrogen (secondary N) is 1. The first-order valence-electron chi connectivity index (χ1n) is 5.96. The van der Waals surface area contributed by atoms with E-state index in [2.05, 4.69) is 12.2 Å². The molecule has 1 fully saturated rings. The van der Waals surface area contributed by atoms with Crippen LogP contribution in [0.5, 0.6) is 0 Å². The predicted molar refractivity (Wildman–Crippen MR) is 62.4 cm³/mol. The van der Waals surface area contributed by atoms with Crippen LogP contribution in [0, 0.1) is 0 Å². The molecule has 94 valence electrons. The first kappa shape index (κ1) is 13.3. The van der Waals surface area contributed by atoms with Gasteiger partial charge < -0.3 is 14.8 Å². The van der Waals surface area contributed by atoms with Crippen molar-refractivity contribution in [3.05, 3.63) is 0 Å². The molecule has 1 heterocycles. The first-order valence-corrected chi connectivity index (χ1v) is 5.96. The quantitative estimate of drug-likeness (QED) is 0.791. The summed E-state index contributed by atoms with van der Waals surface area (Å²) >= 11 is 0. The van der Waals surface area contributed by atoms with Gasteiger partial charge in [-0.3, -0.25) is 0 Å². The number of hydrogen-bond donors (Lipinski definition) is 1. The largest absolute Gasteiger partial charge is 0.444 e. The monoisotopic (exact) mass is 229 g/mol. The lowest BCUT2D eigenvalue weighted by molar-refractivity contribution is 0.0159. The molecule has 1 N–H and O–H groups in total. The highest BCUT2D eigenvalue weighted by molar-refractivity contribution is 5.68. The first-order chi connectivity index (χ1) is 7.37.